The predicted molar refractivity (Wildman–Crippen MR) is 77.4 cm³/mol. The number of nitrogens with one attached hydrogen (secondary N) is 1. The Kier molecular flexibility index (Phi) is 3.15. The lowest BCUT2D eigenvalue weighted by atomic mass is 10.2. The molecule has 0 bridgehead atoms. The van der Waals surface area contributed by atoms with Crippen LogP contribution in [0.1, 0.15) is 20.1 Å². The number of carboxylic acids is 1. The highest BCUT2D eigenvalue weighted by molar-refractivity contribution is 7.11. The summed E-state index contributed by atoms with van der Waals surface area (Å²) in [4.78, 5) is 17.6. The first-order valence-corrected chi connectivity index (χ1v) is 6.86. The molecule has 102 valence electrons. The van der Waals surface area contributed by atoms with Gasteiger partial charge in [-0.15, -0.1) is 11.3 Å². The number of carboxylic acid groups (broad SMARTS) is 1. The summed E-state index contributed by atoms with van der Waals surface area (Å²) in [5, 5.41) is 12.0. The third-order valence-corrected chi connectivity index (χ3v) is 3.85. The number of hydrogen-bond acceptors (Lipinski definition) is 5. The van der Waals surface area contributed by atoms with Gasteiger partial charge >= 0.3 is 5.97 Å². The van der Waals surface area contributed by atoms with E-state index in [1.165, 1.54) is 21.9 Å². The van der Waals surface area contributed by atoms with E-state index in [9.17, 15) is 4.79 Å². The molecule has 0 radical (unpaired) electrons. The largest absolute Gasteiger partial charge is 0.478 e. The molecule has 2 aromatic heterocycles. The number of nitrogens with zero attached hydrogens (tertiary/aromatic N) is 1. The summed E-state index contributed by atoms with van der Waals surface area (Å²) in [6, 6.07) is 9.15. The monoisotopic (exact) mass is 288 g/mol. The van der Waals surface area contributed by atoms with Crippen LogP contribution in [0.2, 0.25) is 0 Å². The Morgan fingerprint density at radius 1 is 1.40 bits per heavy atom. The van der Waals surface area contributed by atoms with E-state index < -0.39 is 5.97 Å². The Hall–Kier alpha value is -2.34. The van der Waals surface area contributed by atoms with E-state index in [-0.39, 0.29) is 5.56 Å². The summed E-state index contributed by atoms with van der Waals surface area (Å²) >= 11 is 1.71. The van der Waals surface area contributed by atoms with Crippen LogP contribution in [-0.4, -0.2) is 16.1 Å². The van der Waals surface area contributed by atoms with Crippen LogP contribution in [0.4, 0.5) is 6.01 Å². The van der Waals surface area contributed by atoms with Crippen LogP contribution in [0.3, 0.4) is 0 Å². The minimum Gasteiger partial charge on any atom is -0.478 e. The zero-order valence-corrected chi connectivity index (χ0v) is 11.5. The molecule has 0 aliphatic rings. The molecule has 6 heteroatoms. The maximum Gasteiger partial charge on any atom is 0.335 e. The van der Waals surface area contributed by atoms with Crippen molar-refractivity contribution in [3.05, 3.63) is 45.6 Å². The number of aryl methyl sites for hydroxylation is 1. The van der Waals surface area contributed by atoms with Crippen molar-refractivity contribution in [1.82, 2.24) is 4.98 Å². The molecule has 1 aromatic carbocycles. The van der Waals surface area contributed by atoms with Gasteiger partial charge < -0.3 is 14.8 Å². The number of fused-ring (bicyclic) bond motifs is 1. The molecule has 3 rings (SSSR count). The van der Waals surface area contributed by atoms with Gasteiger partial charge in [0.25, 0.3) is 6.01 Å². The Balaban J connectivity index is 1.80. The zero-order valence-electron chi connectivity index (χ0n) is 10.7. The predicted octanol–water partition coefficient (Wildman–Crippen LogP) is 3.51. The fraction of sp³-hybridized carbons (Fsp3) is 0.143. The Morgan fingerprint density at radius 3 is 2.95 bits per heavy atom. The van der Waals surface area contributed by atoms with E-state index >= 15 is 0 Å². The van der Waals surface area contributed by atoms with E-state index in [0.717, 1.165) is 0 Å². The highest BCUT2D eigenvalue weighted by atomic mass is 32.1. The molecule has 0 fully saturated rings. The van der Waals surface area contributed by atoms with E-state index in [1.54, 1.807) is 17.4 Å². The third-order valence-electron chi connectivity index (χ3n) is 2.85. The summed E-state index contributed by atoms with van der Waals surface area (Å²) in [5.74, 6) is -0.980. The molecule has 0 amide bonds. The smallest absolute Gasteiger partial charge is 0.335 e. The normalized spacial score (nSPS) is 10.8. The lowest BCUT2D eigenvalue weighted by molar-refractivity contribution is 0.0697. The molecule has 2 N–H and O–H groups in total. The van der Waals surface area contributed by atoms with Gasteiger partial charge in [-0.2, -0.15) is 4.98 Å². The van der Waals surface area contributed by atoms with Crippen molar-refractivity contribution in [1.29, 1.82) is 0 Å². The van der Waals surface area contributed by atoms with Gasteiger partial charge in [0.15, 0.2) is 5.58 Å². The molecule has 0 saturated heterocycles. The van der Waals surface area contributed by atoms with Crippen LogP contribution in [-0.2, 0) is 6.54 Å². The molecule has 0 spiro atoms. The van der Waals surface area contributed by atoms with Gasteiger partial charge in [0, 0.05) is 9.75 Å². The first kappa shape index (κ1) is 12.7. The van der Waals surface area contributed by atoms with Crippen LogP contribution in [0.25, 0.3) is 11.1 Å². The molecule has 0 aliphatic carbocycles. The molecule has 0 atom stereocenters. The lowest BCUT2D eigenvalue weighted by Crippen LogP contribution is -1.96. The lowest BCUT2D eigenvalue weighted by Gasteiger charge is -1.97. The fourth-order valence-electron chi connectivity index (χ4n) is 1.88. The summed E-state index contributed by atoms with van der Waals surface area (Å²) in [5.41, 5.74) is 1.30. The molecular formula is C14H12N2O3S. The van der Waals surface area contributed by atoms with Gasteiger partial charge in [-0.25, -0.2) is 4.79 Å². The number of oxazole rings is 1. The first-order chi connectivity index (χ1) is 9.61. The maximum atomic E-state index is 10.9. The standard InChI is InChI=1S/C14H12N2O3S/c1-8-2-4-10(20-8)7-15-14-16-11-5-3-9(13(17)18)6-12(11)19-14/h2-6H,7H2,1H3,(H,15,16)(H,17,18). The Morgan fingerprint density at radius 2 is 2.25 bits per heavy atom. The van der Waals surface area contributed by atoms with Gasteiger partial charge in [-0.1, -0.05) is 0 Å². The van der Waals surface area contributed by atoms with Crippen LogP contribution in [0, 0.1) is 6.92 Å². The minimum absolute atomic E-state index is 0.189. The van der Waals surface area contributed by atoms with Crippen LogP contribution >= 0.6 is 11.3 Å². The van der Waals surface area contributed by atoms with Crippen LogP contribution < -0.4 is 5.32 Å². The van der Waals surface area contributed by atoms with Gasteiger partial charge in [0.05, 0.1) is 12.1 Å². The summed E-state index contributed by atoms with van der Waals surface area (Å²) < 4.78 is 5.51. The summed E-state index contributed by atoms with van der Waals surface area (Å²) in [6.07, 6.45) is 0. The second-order valence-electron chi connectivity index (χ2n) is 4.37. The number of thiophene rings is 1. The van der Waals surface area contributed by atoms with Crippen molar-refractivity contribution in [3.63, 3.8) is 0 Å². The molecule has 0 saturated carbocycles. The molecule has 2 heterocycles. The summed E-state index contributed by atoms with van der Waals surface area (Å²) in [7, 11) is 0. The summed E-state index contributed by atoms with van der Waals surface area (Å²) in [6.45, 7) is 2.69. The number of aromatic carboxylic acids is 1. The highest BCUT2D eigenvalue weighted by Gasteiger charge is 2.09. The molecule has 0 aliphatic heterocycles. The van der Waals surface area contributed by atoms with Crippen LogP contribution in [0.5, 0.6) is 0 Å². The highest BCUT2D eigenvalue weighted by Crippen LogP contribution is 2.22. The van der Waals surface area contributed by atoms with Crippen molar-refractivity contribution < 1.29 is 14.3 Å². The van der Waals surface area contributed by atoms with Crippen molar-refractivity contribution in [2.24, 2.45) is 0 Å². The number of anilines is 1. The fourth-order valence-corrected chi connectivity index (χ4v) is 2.71. The van der Waals surface area contributed by atoms with Crippen molar-refractivity contribution >= 4 is 34.4 Å². The molecular weight excluding hydrogens is 276 g/mol. The zero-order chi connectivity index (χ0) is 14.1. The number of hydrogen-bond donors (Lipinski definition) is 2. The molecule has 0 unspecified atom stereocenters. The van der Waals surface area contributed by atoms with Gasteiger partial charge in [-0.3, -0.25) is 0 Å². The second-order valence-corrected chi connectivity index (χ2v) is 5.75. The number of benzene rings is 1. The van der Waals surface area contributed by atoms with Gasteiger partial charge in [0.2, 0.25) is 0 Å². The SMILES string of the molecule is Cc1ccc(CNc2nc3ccc(C(=O)O)cc3o2)s1. The number of carbonyl (C=O) groups is 1. The van der Waals surface area contributed by atoms with E-state index in [1.807, 2.05) is 0 Å². The molecule has 20 heavy (non-hydrogen) atoms. The van der Waals surface area contributed by atoms with E-state index in [4.69, 9.17) is 9.52 Å². The minimum atomic E-state index is -0.980. The van der Waals surface area contributed by atoms with Crippen LogP contribution in [0.15, 0.2) is 34.7 Å². The van der Waals surface area contributed by atoms with Gasteiger partial charge in [-0.05, 0) is 37.3 Å². The topological polar surface area (TPSA) is 75.4 Å². The van der Waals surface area contributed by atoms with Crippen molar-refractivity contribution in [2.45, 2.75) is 13.5 Å². The first-order valence-electron chi connectivity index (χ1n) is 6.05. The van der Waals surface area contributed by atoms with Crippen molar-refractivity contribution in [2.75, 3.05) is 5.32 Å². The second kappa shape index (κ2) is 4.97. The molecule has 5 nitrogen and oxygen atoms in total. The number of rotatable bonds is 4. The number of aromatic nitrogens is 1. The Labute approximate surface area is 118 Å². The van der Waals surface area contributed by atoms with Gasteiger partial charge in [0.1, 0.15) is 5.52 Å². The quantitative estimate of drug-likeness (QED) is 0.768. The maximum absolute atomic E-state index is 10.9. The van der Waals surface area contributed by atoms with Crippen molar-refractivity contribution in [3.8, 4) is 0 Å². The van der Waals surface area contributed by atoms with E-state index in [2.05, 4.69) is 29.4 Å². The average molecular weight is 288 g/mol. The van der Waals surface area contributed by atoms with E-state index in [0.29, 0.717) is 23.7 Å². The molecule has 3 aromatic rings. The Bertz CT molecular complexity index is 776. The third kappa shape index (κ3) is 2.50. The average Bonchev–Trinajstić information content (AvgIpc) is 3.00.